The first-order valence-electron chi connectivity index (χ1n) is 3.92. The first-order valence-corrected chi connectivity index (χ1v) is 5.90. The second kappa shape index (κ2) is 4.95. The summed E-state index contributed by atoms with van der Waals surface area (Å²) in [5.41, 5.74) is -0.708. The summed E-state index contributed by atoms with van der Waals surface area (Å²) in [6.45, 7) is 0. The van der Waals surface area contributed by atoms with Crippen molar-refractivity contribution in [3.63, 3.8) is 0 Å². The summed E-state index contributed by atoms with van der Waals surface area (Å²) < 4.78 is 0. The van der Waals surface area contributed by atoms with E-state index in [2.05, 4.69) is 0 Å². The molecule has 1 aromatic rings. The average Bonchev–Trinajstić information content (AvgIpc) is 2.20. The van der Waals surface area contributed by atoms with E-state index in [9.17, 15) is 9.59 Å². The summed E-state index contributed by atoms with van der Waals surface area (Å²) >= 11 is 12.6. The first-order chi connectivity index (χ1) is 7.40. The minimum atomic E-state index is -1.36. The Morgan fingerprint density at radius 2 is 1.81 bits per heavy atom. The highest BCUT2D eigenvalue weighted by Gasteiger charge is 2.24. The lowest BCUT2D eigenvalue weighted by Gasteiger charge is -2.10. The van der Waals surface area contributed by atoms with Crippen molar-refractivity contribution in [2.75, 3.05) is 6.26 Å². The van der Waals surface area contributed by atoms with Gasteiger partial charge in [-0.15, -0.1) is 11.8 Å². The molecule has 0 atom stereocenters. The number of benzene rings is 1. The summed E-state index contributed by atoms with van der Waals surface area (Å²) in [5, 5.41) is 17.9. The number of rotatable bonds is 3. The monoisotopic (exact) mass is 280 g/mol. The number of aromatic carboxylic acids is 2. The molecule has 86 valence electrons. The molecule has 0 saturated heterocycles. The van der Waals surface area contributed by atoms with Crippen LogP contribution in [0.25, 0.3) is 0 Å². The zero-order chi connectivity index (χ0) is 12.5. The molecule has 0 aliphatic carbocycles. The largest absolute Gasteiger partial charge is 0.478 e. The summed E-state index contributed by atoms with van der Waals surface area (Å²) in [5.74, 6) is -2.70. The number of carboxylic acids is 2. The average molecular weight is 281 g/mol. The number of hydrogen-bond donors (Lipinski definition) is 2. The fourth-order valence-electron chi connectivity index (χ4n) is 1.18. The summed E-state index contributed by atoms with van der Waals surface area (Å²) in [7, 11) is 0. The molecule has 16 heavy (non-hydrogen) atoms. The smallest absolute Gasteiger partial charge is 0.337 e. The van der Waals surface area contributed by atoms with E-state index >= 15 is 0 Å². The van der Waals surface area contributed by atoms with Crippen LogP contribution in [0.1, 0.15) is 20.7 Å². The van der Waals surface area contributed by atoms with Gasteiger partial charge < -0.3 is 10.2 Å². The number of thioether (sulfide) groups is 1. The van der Waals surface area contributed by atoms with E-state index in [4.69, 9.17) is 33.4 Å². The van der Waals surface area contributed by atoms with Crippen LogP contribution in [0.15, 0.2) is 11.0 Å². The fourth-order valence-corrected chi connectivity index (χ4v) is 2.51. The maximum absolute atomic E-state index is 11.0. The van der Waals surface area contributed by atoms with Gasteiger partial charge in [0.15, 0.2) is 0 Å². The Balaban J connectivity index is 3.69. The van der Waals surface area contributed by atoms with Gasteiger partial charge in [-0.25, -0.2) is 9.59 Å². The third-order valence-corrected chi connectivity index (χ3v) is 3.54. The third kappa shape index (κ3) is 2.26. The van der Waals surface area contributed by atoms with Crippen molar-refractivity contribution in [1.82, 2.24) is 0 Å². The molecule has 0 unspecified atom stereocenters. The third-order valence-electron chi connectivity index (χ3n) is 1.82. The Morgan fingerprint density at radius 3 is 2.19 bits per heavy atom. The summed E-state index contributed by atoms with van der Waals surface area (Å²) in [6.07, 6.45) is 1.59. The standard InChI is InChI=1S/C9H6Cl2O4S/c1-16-7-5(9(14)15)3(8(12)13)2-4(10)6(7)11/h2H,1H3,(H,12,13)(H,14,15). The Hall–Kier alpha value is -0.910. The van der Waals surface area contributed by atoms with Crippen LogP contribution in [-0.2, 0) is 0 Å². The van der Waals surface area contributed by atoms with Gasteiger partial charge in [0.2, 0.25) is 0 Å². The van der Waals surface area contributed by atoms with Crippen LogP contribution in [0.5, 0.6) is 0 Å². The van der Waals surface area contributed by atoms with Gasteiger partial charge in [-0.05, 0) is 12.3 Å². The van der Waals surface area contributed by atoms with Crippen LogP contribution in [0, 0.1) is 0 Å². The van der Waals surface area contributed by atoms with Gasteiger partial charge in [0.25, 0.3) is 0 Å². The van der Waals surface area contributed by atoms with Crippen LogP contribution in [0.2, 0.25) is 10.0 Å². The number of hydrogen-bond acceptors (Lipinski definition) is 3. The van der Waals surface area contributed by atoms with Gasteiger partial charge in [-0.3, -0.25) is 0 Å². The van der Waals surface area contributed by atoms with Crippen molar-refractivity contribution in [3.8, 4) is 0 Å². The molecule has 0 amide bonds. The van der Waals surface area contributed by atoms with Gasteiger partial charge in [-0.1, -0.05) is 23.2 Å². The molecule has 0 aliphatic rings. The van der Waals surface area contributed by atoms with Gasteiger partial charge in [0, 0.05) is 4.90 Å². The maximum Gasteiger partial charge on any atom is 0.337 e. The number of halogens is 2. The van der Waals surface area contributed by atoms with Gasteiger partial charge in [0.1, 0.15) is 0 Å². The number of carbonyl (C=O) groups is 2. The molecule has 0 spiro atoms. The normalized spacial score (nSPS) is 10.2. The van der Waals surface area contributed by atoms with E-state index in [1.165, 1.54) is 0 Å². The van der Waals surface area contributed by atoms with Crippen molar-refractivity contribution in [2.24, 2.45) is 0 Å². The van der Waals surface area contributed by atoms with E-state index in [0.29, 0.717) is 0 Å². The second-order valence-electron chi connectivity index (χ2n) is 2.74. The second-order valence-corrected chi connectivity index (χ2v) is 4.34. The molecule has 0 heterocycles. The molecule has 0 bridgehead atoms. The van der Waals surface area contributed by atoms with Crippen molar-refractivity contribution >= 4 is 46.9 Å². The van der Waals surface area contributed by atoms with E-state index < -0.39 is 11.9 Å². The minimum absolute atomic E-state index is 0.0217. The molecule has 0 aliphatic heterocycles. The molecule has 1 rings (SSSR count). The lowest BCUT2D eigenvalue weighted by Crippen LogP contribution is -2.10. The van der Waals surface area contributed by atoms with Crippen LogP contribution in [-0.4, -0.2) is 28.4 Å². The van der Waals surface area contributed by atoms with Gasteiger partial charge in [-0.2, -0.15) is 0 Å². The quantitative estimate of drug-likeness (QED) is 0.832. The first kappa shape index (κ1) is 13.2. The molecule has 4 nitrogen and oxygen atoms in total. The number of carboxylic acid groups (broad SMARTS) is 2. The van der Waals surface area contributed by atoms with E-state index in [0.717, 1.165) is 17.8 Å². The molecule has 1 aromatic carbocycles. The molecule has 0 aromatic heterocycles. The highest BCUT2D eigenvalue weighted by molar-refractivity contribution is 7.98. The molecule has 0 fully saturated rings. The Labute approximate surface area is 105 Å². The minimum Gasteiger partial charge on any atom is -0.478 e. The van der Waals surface area contributed by atoms with Crippen molar-refractivity contribution in [2.45, 2.75) is 4.90 Å². The fraction of sp³-hybridized carbons (Fsp3) is 0.111. The molecule has 0 saturated carbocycles. The zero-order valence-corrected chi connectivity index (χ0v) is 10.3. The molecular weight excluding hydrogens is 275 g/mol. The molecule has 7 heteroatoms. The SMILES string of the molecule is CSc1c(Cl)c(Cl)cc(C(=O)O)c1C(=O)O. The highest BCUT2D eigenvalue weighted by atomic mass is 35.5. The van der Waals surface area contributed by atoms with Gasteiger partial charge in [0.05, 0.1) is 21.2 Å². The lowest BCUT2D eigenvalue weighted by molar-refractivity contribution is 0.0648. The van der Waals surface area contributed by atoms with E-state index in [1.54, 1.807) is 6.26 Å². The van der Waals surface area contributed by atoms with E-state index in [1.807, 2.05) is 0 Å². The summed E-state index contributed by atoms with van der Waals surface area (Å²) in [6, 6.07) is 1.04. The van der Waals surface area contributed by atoms with Crippen LogP contribution >= 0.6 is 35.0 Å². The van der Waals surface area contributed by atoms with E-state index in [-0.39, 0.29) is 26.1 Å². The molecule has 2 N–H and O–H groups in total. The van der Waals surface area contributed by atoms with Crippen molar-refractivity contribution < 1.29 is 19.8 Å². The van der Waals surface area contributed by atoms with Crippen LogP contribution < -0.4 is 0 Å². The Kier molecular flexibility index (Phi) is 4.07. The predicted octanol–water partition coefficient (Wildman–Crippen LogP) is 3.11. The van der Waals surface area contributed by atoms with Crippen LogP contribution in [0.3, 0.4) is 0 Å². The Bertz CT molecular complexity index is 473. The lowest BCUT2D eigenvalue weighted by atomic mass is 10.1. The van der Waals surface area contributed by atoms with Crippen molar-refractivity contribution in [1.29, 1.82) is 0 Å². The maximum atomic E-state index is 11.0. The zero-order valence-electron chi connectivity index (χ0n) is 7.95. The van der Waals surface area contributed by atoms with Crippen molar-refractivity contribution in [3.05, 3.63) is 27.2 Å². The van der Waals surface area contributed by atoms with Gasteiger partial charge >= 0.3 is 11.9 Å². The molecular formula is C9H6Cl2O4S. The highest BCUT2D eigenvalue weighted by Crippen LogP contribution is 2.37. The summed E-state index contributed by atoms with van der Waals surface area (Å²) in [4.78, 5) is 22.0. The molecule has 0 radical (unpaired) electrons. The van der Waals surface area contributed by atoms with Crippen LogP contribution in [0.4, 0.5) is 0 Å². The Morgan fingerprint density at radius 1 is 1.25 bits per heavy atom. The predicted molar refractivity (Wildman–Crippen MR) is 62.2 cm³/mol. The topological polar surface area (TPSA) is 74.6 Å².